The molecule has 0 spiro atoms. The van der Waals surface area contributed by atoms with Crippen molar-refractivity contribution >= 4 is 44.6 Å². The number of benzene rings is 3. The summed E-state index contributed by atoms with van der Waals surface area (Å²) in [6.45, 7) is 3.88. The summed E-state index contributed by atoms with van der Waals surface area (Å²) >= 11 is 5.18. The number of carbonyl (C=O) groups excluding carboxylic acids is 1. The molecule has 0 aliphatic rings. The number of sulfonamides is 1. The fourth-order valence-electron chi connectivity index (χ4n) is 2.82. The number of thiocarbonyl (C=S) groups is 1. The monoisotopic (exact) mass is 469 g/mol. The molecule has 3 rings (SSSR count). The molecule has 0 aliphatic heterocycles. The molecule has 3 aromatic rings. The Morgan fingerprint density at radius 2 is 1.50 bits per heavy atom. The number of rotatable bonds is 6. The SMILES string of the molecule is COc1ccc(C(=O)NC(=S)Nc2ccc(S(=O)(=O)Nc3ccc(C)c(C)c3)cc2)cc1. The summed E-state index contributed by atoms with van der Waals surface area (Å²) in [7, 11) is -2.19. The van der Waals surface area contributed by atoms with Gasteiger partial charge in [0.1, 0.15) is 5.75 Å². The number of ether oxygens (including phenoxy) is 1. The smallest absolute Gasteiger partial charge is 0.261 e. The summed E-state index contributed by atoms with van der Waals surface area (Å²) in [6.07, 6.45) is 0. The van der Waals surface area contributed by atoms with Gasteiger partial charge in [0, 0.05) is 16.9 Å². The zero-order chi connectivity index (χ0) is 23.3. The van der Waals surface area contributed by atoms with E-state index < -0.39 is 10.0 Å². The molecule has 0 heterocycles. The van der Waals surface area contributed by atoms with E-state index in [2.05, 4.69) is 15.4 Å². The predicted octanol–water partition coefficient (Wildman–Crippen LogP) is 4.24. The summed E-state index contributed by atoms with van der Waals surface area (Å²) in [4.78, 5) is 12.4. The number of nitrogens with one attached hydrogen (secondary N) is 3. The predicted molar refractivity (Wildman–Crippen MR) is 130 cm³/mol. The quantitative estimate of drug-likeness (QED) is 0.468. The molecule has 0 saturated heterocycles. The largest absolute Gasteiger partial charge is 0.497 e. The van der Waals surface area contributed by atoms with Crippen molar-refractivity contribution in [2.24, 2.45) is 0 Å². The summed E-state index contributed by atoms with van der Waals surface area (Å²) < 4.78 is 33.0. The van der Waals surface area contributed by atoms with E-state index in [0.29, 0.717) is 22.7 Å². The number of amides is 1. The van der Waals surface area contributed by atoms with Gasteiger partial charge in [0.25, 0.3) is 15.9 Å². The molecule has 9 heteroatoms. The van der Waals surface area contributed by atoms with Crippen LogP contribution >= 0.6 is 12.2 Å². The van der Waals surface area contributed by atoms with Crippen LogP contribution in [0.2, 0.25) is 0 Å². The van der Waals surface area contributed by atoms with Gasteiger partial charge in [-0.05, 0) is 97.9 Å². The van der Waals surface area contributed by atoms with Gasteiger partial charge in [-0.1, -0.05) is 6.07 Å². The molecule has 0 saturated carbocycles. The molecule has 1 amide bonds. The zero-order valence-corrected chi connectivity index (χ0v) is 19.4. The number of hydrogen-bond acceptors (Lipinski definition) is 5. The van der Waals surface area contributed by atoms with Crippen molar-refractivity contribution in [2.75, 3.05) is 17.1 Å². The molecule has 32 heavy (non-hydrogen) atoms. The van der Waals surface area contributed by atoms with E-state index >= 15 is 0 Å². The van der Waals surface area contributed by atoms with Crippen molar-refractivity contribution in [3.63, 3.8) is 0 Å². The number of anilines is 2. The third-order valence-electron chi connectivity index (χ3n) is 4.76. The van der Waals surface area contributed by atoms with Crippen molar-refractivity contribution in [3.8, 4) is 5.75 Å². The molecule has 0 bridgehead atoms. The first kappa shape index (κ1) is 23.2. The first-order valence-corrected chi connectivity index (χ1v) is 11.5. The Bertz CT molecular complexity index is 1240. The highest BCUT2D eigenvalue weighted by atomic mass is 32.2. The van der Waals surface area contributed by atoms with Gasteiger partial charge >= 0.3 is 0 Å². The third kappa shape index (κ3) is 5.83. The van der Waals surface area contributed by atoms with Crippen molar-refractivity contribution in [1.29, 1.82) is 0 Å². The van der Waals surface area contributed by atoms with Crippen LogP contribution in [0.5, 0.6) is 5.75 Å². The van der Waals surface area contributed by atoms with E-state index in [9.17, 15) is 13.2 Å². The summed E-state index contributed by atoms with van der Waals surface area (Å²) in [5.74, 6) is 0.270. The lowest BCUT2D eigenvalue weighted by Gasteiger charge is -2.12. The van der Waals surface area contributed by atoms with Gasteiger partial charge in [0.15, 0.2) is 5.11 Å². The van der Waals surface area contributed by atoms with Crippen LogP contribution in [0.1, 0.15) is 21.5 Å². The van der Waals surface area contributed by atoms with Gasteiger partial charge in [-0.25, -0.2) is 8.42 Å². The lowest BCUT2D eigenvalue weighted by molar-refractivity contribution is 0.0977. The number of aryl methyl sites for hydroxylation is 2. The lowest BCUT2D eigenvalue weighted by atomic mass is 10.1. The van der Waals surface area contributed by atoms with E-state index in [1.54, 1.807) is 55.6 Å². The van der Waals surface area contributed by atoms with Gasteiger partial charge < -0.3 is 10.1 Å². The minimum atomic E-state index is -3.74. The highest BCUT2D eigenvalue weighted by Crippen LogP contribution is 2.20. The van der Waals surface area contributed by atoms with Crippen molar-refractivity contribution < 1.29 is 17.9 Å². The second-order valence-electron chi connectivity index (χ2n) is 7.07. The van der Waals surface area contributed by atoms with Crippen LogP contribution < -0.4 is 20.1 Å². The molecule has 0 aromatic heterocycles. The van der Waals surface area contributed by atoms with Crippen molar-refractivity contribution in [2.45, 2.75) is 18.7 Å². The molecule has 3 aromatic carbocycles. The molecule has 0 fully saturated rings. The van der Waals surface area contributed by atoms with E-state index in [4.69, 9.17) is 17.0 Å². The molecule has 0 unspecified atom stereocenters. The number of hydrogen-bond donors (Lipinski definition) is 3. The van der Waals surface area contributed by atoms with Crippen molar-refractivity contribution in [1.82, 2.24) is 5.32 Å². The van der Waals surface area contributed by atoms with Gasteiger partial charge in [0.2, 0.25) is 0 Å². The van der Waals surface area contributed by atoms with E-state index in [1.807, 2.05) is 19.9 Å². The van der Waals surface area contributed by atoms with Crippen LogP contribution in [-0.2, 0) is 10.0 Å². The van der Waals surface area contributed by atoms with Gasteiger partial charge in [-0.2, -0.15) is 0 Å². The maximum atomic E-state index is 12.7. The van der Waals surface area contributed by atoms with Crippen LogP contribution in [0.15, 0.2) is 71.6 Å². The minimum absolute atomic E-state index is 0.0923. The van der Waals surface area contributed by atoms with Crippen LogP contribution in [0.4, 0.5) is 11.4 Å². The third-order valence-corrected chi connectivity index (χ3v) is 6.36. The van der Waals surface area contributed by atoms with Gasteiger partial charge in [-0.3, -0.25) is 14.8 Å². The molecule has 0 aliphatic carbocycles. The fourth-order valence-corrected chi connectivity index (χ4v) is 4.08. The Kier molecular flexibility index (Phi) is 7.12. The van der Waals surface area contributed by atoms with E-state index in [-0.39, 0.29) is 15.9 Å². The molecule has 0 atom stereocenters. The van der Waals surface area contributed by atoms with E-state index in [1.165, 1.54) is 12.1 Å². The lowest BCUT2D eigenvalue weighted by Crippen LogP contribution is -2.34. The van der Waals surface area contributed by atoms with Crippen LogP contribution in [0.25, 0.3) is 0 Å². The first-order chi connectivity index (χ1) is 15.2. The van der Waals surface area contributed by atoms with E-state index in [0.717, 1.165) is 11.1 Å². The Morgan fingerprint density at radius 3 is 2.09 bits per heavy atom. The van der Waals surface area contributed by atoms with Crippen LogP contribution in [0, 0.1) is 13.8 Å². The summed E-state index contributed by atoms with van der Waals surface area (Å²) in [5.41, 5.74) is 3.54. The van der Waals surface area contributed by atoms with Crippen LogP contribution in [0.3, 0.4) is 0 Å². The normalized spacial score (nSPS) is 10.8. The Morgan fingerprint density at radius 1 is 0.875 bits per heavy atom. The zero-order valence-electron chi connectivity index (χ0n) is 17.8. The molecule has 3 N–H and O–H groups in total. The number of methoxy groups -OCH3 is 1. The molecule has 166 valence electrons. The Hall–Kier alpha value is -3.43. The molecular weight excluding hydrogens is 446 g/mol. The second-order valence-corrected chi connectivity index (χ2v) is 9.16. The average molecular weight is 470 g/mol. The molecule has 7 nitrogen and oxygen atoms in total. The average Bonchev–Trinajstić information content (AvgIpc) is 2.76. The first-order valence-electron chi connectivity index (χ1n) is 9.64. The highest BCUT2D eigenvalue weighted by molar-refractivity contribution is 7.92. The summed E-state index contributed by atoms with van der Waals surface area (Å²) in [5, 5.41) is 5.54. The highest BCUT2D eigenvalue weighted by Gasteiger charge is 2.15. The van der Waals surface area contributed by atoms with Gasteiger partial charge in [-0.15, -0.1) is 0 Å². The maximum absolute atomic E-state index is 12.7. The second kappa shape index (κ2) is 9.80. The topological polar surface area (TPSA) is 96.5 Å². The molecular formula is C23H23N3O4S2. The van der Waals surface area contributed by atoms with Crippen LogP contribution in [-0.4, -0.2) is 26.5 Å². The Balaban J connectivity index is 1.62. The number of carbonyl (C=O) groups is 1. The Labute approximate surface area is 192 Å². The van der Waals surface area contributed by atoms with Crippen molar-refractivity contribution in [3.05, 3.63) is 83.4 Å². The minimum Gasteiger partial charge on any atom is -0.497 e. The van der Waals surface area contributed by atoms with Gasteiger partial charge in [0.05, 0.1) is 12.0 Å². The molecule has 0 radical (unpaired) electrons. The maximum Gasteiger partial charge on any atom is 0.261 e. The summed E-state index contributed by atoms with van der Waals surface area (Å²) in [6, 6.07) is 18.0. The standard InChI is InChI=1S/C23H23N3O4S2/c1-15-4-7-19(14-16(15)2)26-32(28,29)21-12-8-18(9-13-21)24-23(31)25-22(27)17-5-10-20(30-3)11-6-17/h4-14,26H,1-3H3,(H2,24,25,27,31). The fraction of sp³-hybridized carbons (Fsp3) is 0.130.